The summed E-state index contributed by atoms with van der Waals surface area (Å²) in [4.78, 5) is 21.8. The Bertz CT molecular complexity index is 1020. The van der Waals surface area contributed by atoms with Crippen molar-refractivity contribution < 1.29 is 32.3 Å². The van der Waals surface area contributed by atoms with Gasteiger partial charge < -0.3 is 14.2 Å². The molecule has 0 saturated heterocycles. The number of nitrogens with zero attached hydrogens (tertiary/aromatic N) is 2. The number of methoxy groups -OCH3 is 1. The summed E-state index contributed by atoms with van der Waals surface area (Å²) in [5.41, 5.74) is -0.262. The van der Waals surface area contributed by atoms with E-state index in [1.165, 1.54) is 36.4 Å². The Morgan fingerprint density at radius 3 is 2.57 bits per heavy atom. The number of carbonyl (C=O) groups excluding carboxylic acids is 1. The Labute approximate surface area is 160 Å². The molecule has 2 aromatic rings. The summed E-state index contributed by atoms with van der Waals surface area (Å²) in [6, 6.07) is 8.97. The Kier molecular flexibility index (Phi) is 5.36. The van der Waals surface area contributed by atoms with Crippen LogP contribution in [0.4, 0.5) is 11.4 Å². The maximum absolute atomic E-state index is 13.2. The molecular weight excluding hydrogens is 392 g/mol. The molecule has 3 rings (SSSR count). The van der Waals surface area contributed by atoms with Crippen LogP contribution in [-0.4, -0.2) is 46.2 Å². The number of nitro benzene ring substituents is 1. The minimum absolute atomic E-state index is 0.126. The Hall–Kier alpha value is -3.34. The van der Waals surface area contributed by atoms with Gasteiger partial charge in [-0.15, -0.1) is 0 Å². The molecule has 0 bridgehead atoms. The second-order valence-electron chi connectivity index (χ2n) is 5.67. The number of esters is 1. The molecule has 148 valence electrons. The molecule has 0 saturated carbocycles. The predicted octanol–water partition coefficient (Wildman–Crippen LogP) is 1.73. The number of benzene rings is 2. The third-order valence-electron chi connectivity index (χ3n) is 3.93. The van der Waals surface area contributed by atoms with Crippen LogP contribution in [0.5, 0.6) is 11.5 Å². The van der Waals surface area contributed by atoms with Crippen LogP contribution in [0.3, 0.4) is 0 Å². The van der Waals surface area contributed by atoms with Crippen LogP contribution < -0.4 is 13.8 Å². The first-order chi connectivity index (χ1) is 13.3. The average molecular weight is 408 g/mol. The molecule has 1 heterocycles. The third kappa shape index (κ3) is 3.83. The van der Waals surface area contributed by atoms with E-state index in [1.807, 2.05) is 0 Å². The fourth-order valence-electron chi connectivity index (χ4n) is 2.57. The van der Waals surface area contributed by atoms with Gasteiger partial charge in [-0.1, -0.05) is 6.07 Å². The van der Waals surface area contributed by atoms with E-state index in [0.717, 1.165) is 17.5 Å². The lowest BCUT2D eigenvalue weighted by atomic mass is 10.2. The van der Waals surface area contributed by atoms with E-state index in [9.17, 15) is 23.3 Å². The fraction of sp³-hybridized carbons (Fsp3) is 0.235. The van der Waals surface area contributed by atoms with Crippen LogP contribution >= 0.6 is 0 Å². The van der Waals surface area contributed by atoms with Gasteiger partial charge in [0, 0.05) is 18.2 Å². The average Bonchev–Trinajstić information content (AvgIpc) is 2.71. The van der Waals surface area contributed by atoms with Crippen LogP contribution in [0.15, 0.2) is 47.4 Å². The molecule has 11 heteroatoms. The molecule has 0 spiro atoms. The summed E-state index contributed by atoms with van der Waals surface area (Å²) in [7, 11) is -3.18. The molecule has 0 aliphatic carbocycles. The molecule has 0 atom stereocenters. The molecule has 0 fully saturated rings. The Morgan fingerprint density at radius 2 is 1.89 bits per heavy atom. The van der Waals surface area contributed by atoms with Crippen LogP contribution in [-0.2, 0) is 19.6 Å². The van der Waals surface area contributed by atoms with Gasteiger partial charge in [0.25, 0.3) is 15.7 Å². The van der Waals surface area contributed by atoms with E-state index in [-0.39, 0.29) is 16.3 Å². The first kappa shape index (κ1) is 19.4. The summed E-state index contributed by atoms with van der Waals surface area (Å²) in [6.45, 7) is 0.0382. The van der Waals surface area contributed by atoms with E-state index < -0.39 is 27.5 Å². The van der Waals surface area contributed by atoms with Crippen molar-refractivity contribution in [3.63, 3.8) is 0 Å². The summed E-state index contributed by atoms with van der Waals surface area (Å²) >= 11 is 0. The van der Waals surface area contributed by atoms with Crippen molar-refractivity contribution in [3.05, 3.63) is 52.6 Å². The molecule has 0 radical (unpaired) electrons. The second-order valence-corrected chi connectivity index (χ2v) is 7.53. The number of non-ortho nitro benzene ring substituents is 1. The molecule has 10 nitrogen and oxygen atoms in total. The highest BCUT2D eigenvalue weighted by Gasteiger charge is 2.30. The quantitative estimate of drug-likeness (QED) is 0.402. The van der Waals surface area contributed by atoms with Gasteiger partial charge in [0.15, 0.2) is 11.5 Å². The number of fused-ring (bicyclic) bond motifs is 1. The van der Waals surface area contributed by atoms with Gasteiger partial charge >= 0.3 is 5.97 Å². The maximum Gasteiger partial charge on any atom is 0.326 e. The van der Waals surface area contributed by atoms with Crippen LogP contribution in [0.1, 0.15) is 0 Å². The number of rotatable bonds is 6. The first-order valence-electron chi connectivity index (χ1n) is 8.06. The van der Waals surface area contributed by atoms with E-state index in [1.54, 1.807) is 0 Å². The molecule has 0 N–H and O–H groups in total. The molecule has 28 heavy (non-hydrogen) atoms. The maximum atomic E-state index is 13.2. The number of hydrogen-bond acceptors (Lipinski definition) is 8. The van der Waals surface area contributed by atoms with Gasteiger partial charge in [-0.3, -0.25) is 19.2 Å². The van der Waals surface area contributed by atoms with E-state index in [2.05, 4.69) is 4.74 Å². The molecular formula is C17H16N2O8S. The van der Waals surface area contributed by atoms with Gasteiger partial charge in [0.1, 0.15) is 19.8 Å². The lowest BCUT2D eigenvalue weighted by molar-refractivity contribution is -0.385. The molecule has 1 aliphatic rings. The zero-order valence-electron chi connectivity index (χ0n) is 14.7. The number of ether oxygens (including phenoxy) is 3. The molecule has 0 amide bonds. The van der Waals surface area contributed by atoms with Crippen LogP contribution in [0.2, 0.25) is 0 Å². The number of carbonyl (C=O) groups is 1. The number of anilines is 1. The van der Waals surface area contributed by atoms with Crippen LogP contribution in [0.25, 0.3) is 0 Å². The number of sulfonamides is 1. The first-order valence-corrected chi connectivity index (χ1v) is 9.50. The smallest absolute Gasteiger partial charge is 0.326 e. The lowest BCUT2D eigenvalue weighted by Gasteiger charge is -2.25. The Balaban J connectivity index is 2.08. The lowest BCUT2D eigenvalue weighted by Crippen LogP contribution is -2.36. The van der Waals surface area contributed by atoms with Crippen molar-refractivity contribution in [2.75, 3.05) is 31.2 Å². The monoisotopic (exact) mass is 408 g/mol. The van der Waals surface area contributed by atoms with Gasteiger partial charge in [-0.05, 0) is 18.2 Å². The topological polar surface area (TPSA) is 125 Å². The van der Waals surface area contributed by atoms with E-state index in [4.69, 9.17) is 9.47 Å². The summed E-state index contributed by atoms with van der Waals surface area (Å²) in [5.74, 6) is -0.0301. The number of hydrogen-bond donors (Lipinski definition) is 0. The largest absolute Gasteiger partial charge is 0.486 e. The summed E-state index contributed by atoms with van der Waals surface area (Å²) < 4.78 is 42.6. The normalized spacial score (nSPS) is 12.9. The highest BCUT2D eigenvalue weighted by atomic mass is 32.2. The number of nitro groups is 1. The van der Waals surface area contributed by atoms with Crippen molar-refractivity contribution in [3.8, 4) is 11.5 Å². The van der Waals surface area contributed by atoms with Gasteiger partial charge in [-0.2, -0.15) is 0 Å². The minimum Gasteiger partial charge on any atom is -0.486 e. The van der Waals surface area contributed by atoms with Gasteiger partial charge in [-0.25, -0.2) is 8.42 Å². The van der Waals surface area contributed by atoms with Gasteiger partial charge in [0.05, 0.1) is 22.6 Å². The molecule has 0 unspecified atom stereocenters. The molecule has 0 aromatic heterocycles. The summed E-state index contributed by atoms with van der Waals surface area (Å²) in [6.07, 6.45) is 0. The highest BCUT2D eigenvalue weighted by Crippen LogP contribution is 2.36. The standard InChI is InChI=1S/C17H16N2O8S/c1-25-17(20)11-18(12-5-6-15-16(10-12)27-8-7-26-15)28(23,24)14-4-2-3-13(9-14)19(21)22/h2-6,9-10H,7-8,11H2,1H3. The zero-order valence-corrected chi connectivity index (χ0v) is 15.5. The SMILES string of the molecule is COC(=O)CN(c1ccc2c(c1)OCCO2)S(=O)(=O)c1cccc([N+](=O)[O-])c1. The molecule has 1 aliphatic heterocycles. The highest BCUT2D eigenvalue weighted by molar-refractivity contribution is 7.92. The second kappa shape index (κ2) is 7.72. The van der Waals surface area contributed by atoms with Gasteiger partial charge in [0.2, 0.25) is 0 Å². The predicted molar refractivity (Wildman–Crippen MR) is 97.1 cm³/mol. The van der Waals surface area contributed by atoms with Crippen LogP contribution in [0, 0.1) is 10.1 Å². The third-order valence-corrected chi connectivity index (χ3v) is 5.70. The minimum atomic E-state index is -4.31. The van der Waals surface area contributed by atoms with Crippen molar-refractivity contribution in [2.24, 2.45) is 0 Å². The van der Waals surface area contributed by atoms with Crippen molar-refractivity contribution in [1.82, 2.24) is 0 Å². The van der Waals surface area contributed by atoms with Crippen molar-refractivity contribution in [1.29, 1.82) is 0 Å². The Morgan fingerprint density at radius 1 is 1.18 bits per heavy atom. The zero-order chi connectivity index (χ0) is 20.3. The fourth-order valence-corrected chi connectivity index (χ4v) is 4.01. The van der Waals surface area contributed by atoms with E-state index >= 15 is 0 Å². The molecule has 2 aromatic carbocycles. The summed E-state index contributed by atoms with van der Waals surface area (Å²) in [5, 5.41) is 11.0. The van der Waals surface area contributed by atoms with E-state index in [0.29, 0.717) is 24.7 Å². The van der Waals surface area contributed by atoms with Crippen molar-refractivity contribution >= 4 is 27.4 Å². The van der Waals surface area contributed by atoms with Crippen molar-refractivity contribution in [2.45, 2.75) is 4.90 Å².